The largest absolute Gasteiger partial charge is 0.463 e. The van der Waals surface area contributed by atoms with E-state index < -0.39 is 36.3 Å². The van der Waals surface area contributed by atoms with Crippen molar-refractivity contribution in [1.29, 1.82) is 0 Å². The van der Waals surface area contributed by atoms with Gasteiger partial charge in [-0.1, -0.05) is 13.8 Å². The molecule has 0 aliphatic heterocycles. The summed E-state index contributed by atoms with van der Waals surface area (Å²) in [5.41, 5.74) is 0. The Balaban J connectivity index is 4.44. The number of rotatable bonds is 4. The van der Waals surface area contributed by atoms with E-state index in [1.165, 1.54) is 19.2 Å². The normalized spacial score (nSPS) is 12.8. The van der Waals surface area contributed by atoms with E-state index in [1.807, 2.05) is 0 Å². The van der Waals surface area contributed by atoms with E-state index in [1.54, 1.807) is 0 Å². The van der Waals surface area contributed by atoms with Gasteiger partial charge in [0.05, 0.1) is 6.54 Å². The predicted molar refractivity (Wildman–Crippen MR) is 43.9 cm³/mol. The highest BCUT2D eigenvalue weighted by molar-refractivity contribution is 5.90. The van der Waals surface area contributed by atoms with Crippen LogP contribution in [0, 0.1) is 5.92 Å². The smallest absolute Gasteiger partial charge is 0.343 e. The first-order valence-corrected chi connectivity index (χ1v) is 4.25. The van der Waals surface area contributed by atoms with Crippen molar-refractivity contribution in [3.63, 3.8) is 0 Å². The third kappa shape index (κ3) is 3.42. The zero-order valence-electron chi connectivity index (χ0n) is 8.49. The molecule has 16 heavy (non-hydrogen) atoms. The number of alkyl halides is 5. The van der Waals surface area contributed by atoms with Gasteiger partial charge in [-0.25, -0.2) is 0 Å². The predicted octanol–water partition coefficient (Wildman–Crippen LogP) is 1.53. The number of halogens is 5. The van der Waals surface area contributed by atoms with Gasteiger partial charge < -0.3 is 5.32 Å². The molecule has 1 N–H and O–H groups in total. The van der Waals surface area contributed by atoms with Crippen LogP contribution >= 0.6 is 0 Å². The molecule has 0 saturated carbocycles. The van der Waals surface area contributed by atoms with Crippen LogP contribution in [0.15, 0.2) is 0 Å². The molecule has 0 aliphatic carbocycles. The average molecular weight is 247 g/mol. The molecule has 0 aromatic carbocycles. The van der Waals surface area contributed by atoms with Crippen molar-refractivity contribution < 1.29 is 31.5 Å². The summed E-state index contributed by atoms with van der Waals surface area (Å²) in [6.45, 7) is 2.01. The van der Waals surface area contributed by atoms with Gasteiger partial charge >= 0.3 is 18.0 Å². The van der Waals surface area contributed by atoms with Crippen LogP contribution in [0.4, 0.5) is 22.0 Å². The monoisotopic (exact) mass is 247 g/mol. The molecule has 0 rings (SSSR count). The molecule has 0 unspecified atom stereocenters. The Morgan fingerprint density at radius 3 is 1.88 bits per heavy atom. The molecule has 0 aromatic rings. The average Bonchev–Trinajstić information content (AvgIpc) is 2.11. The van der Waals surface area contributed by atoms with Crippen molar-refractivity contribution in [1.82, 2.24) is 5.32 Å². The fraction of sp³-hybridized carbons (Fsp3) is 0.750. The van der Waals surface area contributed by atoms with E-state index in [0.717, 1.165) is 0 Å². The molecular formula is C8H10F5NO2. The SMILES string of the molecule is CC(C)C(=O)CNC(=O)C(F)(F)C(F)(F)F. The molecule has 0 saturated heterocycles. The lowest BCUT2D eigenvalue weighted by Gasteiger charge is -2.18. The maximum absolute atomic E-state index is 12.3. The van der Waals surface area contributed by atoms with Crippen LogP contribution in [0.2, 0.25) is 0 Å². The first-order chi connectivity index (χ1) is 7.00. The van der Waals surface area contributed by atoms with Gasteiger partial charge in [0.15, 0.2) is 5.78 Å². The van der Waals surface area contributed by atoms with Gasteiger partial charge in [0.1, 0.15) is 0 Å². The maximum atomic E-state index is 12.3. The van der Waals surface area contributed by atoms with E-state index in [4.69, 9.17) is 0 Å². The number of Topliss-reactive ketones (excluding diaryl/α,β-unsaturated/α-hetero) is 1. The van der Waals surface area contributed by atoms with Crippen LogP contribution in [-0.2, 0) is 9.59 Å². The number of amides is 1. The lowest BCUT2D eigenvalue weighted by Crippen LogP contribution is -2.51. The molecule has 1 amide bonds. The molecular weight excluding hydrogens is 237 g/mol. The third-order valence-corrected chi connectivity index (χ3v) is 1.71. The number of nitrogens with one attached hydrogen (secondary N) is 1. The molecule has 8 heteroatoms. The topological polar surface area (TPSA) is 46.2 Å². The maximum Gasteiger partial charge on any atom is 0.463 e. The van der Waals surface area contributed by atoms with Gasteiger partial charge in [0.25, 0.3) is 0 Å². The van der Waals surface area contributed by atoms with Gasteiger partial charge in [0.2, 0.25) is 0 Å². The van der Waals surface area contributed by atoms with Gasteiger partial charge in [-0.3, -0.25) is 9.59 Å². The summed E-state index contributed by atoms with van der Waals surface area (Å²) in [4.78, 5) is 21.4. The Labute approximate surface area is 88.0 Å². The number of hydrogen-bond donors (Lipinski definition) is 1. The summed E-state index contributed by atoms with van der Waals surface area (Å²) in [6.07, 6.45) is -5.96. The summed E-state index contributed by atoms with van der Waals surface area (Å²) in [5, 5.41) is 1.25. The van der Waals surface area contributed by atoms with E-state index in [9.17, 15) is 31.5 Å². The molecule has 0 aromatic heterocycles. The molecule has 0 bridgehead atoms. The molecule has 0 atom stereocenters. The second-order valence-corrected chi connectivity index (χ2v) is 3.38. The minimum absolute atomic E-state index is 0.556. The zero-order chi connectivity index (χ0) is 13.1. The van der Waals surface area contributed by atoms with E-state index >= 15 is 0 Å². The molecule has 0 radical (unpaired) electrons. The summed E-state index contributed by atoms with van der Waals surface area (Å²) in [6, 6.07) is 0. The van der Waals surface area contributed by atoms with Crippen LogP contribution in [0.1, 0.15) is 13.8 Å². The lowest BCUT2D eigenvalue weighted by atomic mass is 10.1. The summed E-state index contributed by atoms with van der Waals surface area (Å²) >= 11 is 0. The fourth-order valence-corrected chi connectivity index (χ4v) is 0.611. The highest BCUT2D eigenvalue weighted by Gasteiger charge is 2.63. The van der Waals surface area contributed by atoms with Crippen molar-refractivity contribution in [2.45, 2.75) is 25.9 Å². The third-order valence-electron chi connectivity index (χ3n) is 1.71. The van der Waals surface area contributed by atoms with Gasteiger partial charge in [0, 0.05) is 5.92 Å². The Hall–Kier alpha value is -1.21. The first kappa shape index (κ1) is 14.8. The van der Waals surface area contributed by atoms with Crippen LogP contribution in [0.5, 0.6) is 0 Å². The minimum Gasteiger partial charge on any atom is -0.343 e. The molecule has 3 nitrogen and oxygen atoms in total. The Morgan fingerprint density at radius 2 is 1.56 bits per heavy atom. The number of hydrogen-bond acceptors (Lipinski definition) is 2. The van der Waals surface area contributed by atoms with Crippen molar-refractivity contribution >= 4 is 11.7 Å². The number of carbonyl (C=O) groups excluding carboxylic acids is 2. The molecule has 0 spiro atoms. The van der Waals surface area contributed by atoms with Crippen molar-refractivity contribution in [3.8, 4) is 0 Å². The Kier molecular flexibility index (Phi) is 4.39. The van der Waals surface area contributed by atoms with Crippen LogP contribution in [-0.4, -0.2) is 30.3 Å². The van der Waals surface area contributed by atoms with E-state index in [-0.39, 0.29) is 0 Å². The highest BCUT2D eigenvalue weighted by Crippen LogP contribution is 2.35. The highest BCUT2D eigenvalue weighted by atomic mass is 19.4. The second kappa shape index (κ2) is 4.75. The Bertz CT molecular complexity index is 285. The van der Waals surface area contributed by atoms with Crippen LogP contribution < -0.4 is 5.32 Å². The van der Waals surface area contributed by atoms with Crippen LogP contribution in [0.25, 0.3) is 0 Å². The van der Waals surface area contributed by atoms with Gasteiger partial charge in [-0.05, 0) is 0 Å². The summed E-state index contributed by atoms with van der Waals surface area (Å²) in [5.74, 6) is -9.19. The van der Waals surface area contributed by atoms with Crippen molar-refractivity contribution in [3.05, 3.63) is 0 Å². The molecule has 0 aliphatic rings. The van der Waals surface area contributed by atoms with E-state index in [0.29, 0.717) is 0 Å². The molecule has 0 heterocycles. The lowest BCUT2D eigenvalue weighted by molar-refractivity contribution is -0.269. The Morgan fingerprint density at radius 1 is 1.12 bits per heavy atom. The zero-order valence-corrected chi connectivity index (χ0v) is 8.49. The molecule has 94 valence electrons. The van der Waals surface area contributed by atoms with Gasteiger partial charge in [-0.15, -0.1) is 0 Å². The minimum atomic E-state index is -5.96. The van der Waals surface area contributed by atoms with Gasteiger partial charge in [-0.2, -0.15) is 22.0 Å². The molecule has 0 fully saturated rings. The second-order valence-electron chi connectivity index (χ2n) is 3.38. The van der Waals surface area contributed by atoms with Crippen LogP contribution in [0.3, 0.4) is 0 Å². The van der Waals surface area contributed by atoms with Crippen molar-refractivity contribution in [2.75, 3.05) is 6.54 Å². The summed E-state index contributed by atoms with van der Waals surface area (Å²) < 4.78 is 59.7. The van der Waals surface area contributed by atoms with Crippen molar-refractivity contribution in [2.24, 2.45) is 5.92 Å². The fourth-order valence-electron chi connectivity index (χ4n) is 0.611. The quantitative estimate of drug-likeness (QED) is 0.765. The van der Waals surface area contributed by atoms with E-state index in [2.05, 4.69) is 0 Å². The number of carbonyl (C=O) groups is 2. The number of ketones is 1. The first-order valence-electron chi connectivity index (χ1n) is 4.25. The standard InChI is InChI=1S/C8H10F5NO2/c1-4(2)5(15)3-14-6(16)7(9,10)8(11,12)13/h4H,3H2,1-2H3,(H,14,16). The summed E-state index contributed by atoms with van der Waals surface area (Å²) in [7, 11) is 0.